The zero-order valence-corrected chi connectivity index (χ0v) is 7.49. The van der Waals surface area contributed by atoms with Gasteiger partial charge in [0, 0.05) is 28.6 Å². The second-order valence-corrected chi connectivity index (χ2v) is 0. The van der Waals surface area contributed by atoms with Crippen molar-refractivity contribution in [3.63, 3.8) is 0 Å². The SMILES string of the molecule is [F].[O]=[Sn].[Sn]. The Morgan fingerprint density at radius 3 is 1.25 bits per heavy atom. The van der Waals surface area contributed by atoms with E-state index in [1.807, 2.05) is 0 Å². The molecule has 0 aliphatic carbocycles. The molecule has 0 bridgehead atoms. The minimum Gasteiger partial charge on any atom is 0 e. The zero-order chi connectivity index (χ0) is 2.00. The van der Waals surface area contributed by atoms with Gasteiger partial charge in [-0.3, -0.25) is 0 Å². The average molecular weight is 272 g/mol. The molecule has 7 radical (unpaired) electrons. The zero-order valence-electron chi connectivity index (χ0n) is 1.79. The van der Waals surface area contributed by atoms with Crippen LogP contribution in [-0.2, 0) is 3.08 Å². The first-order valence-corrected chi connectivity index (χ1v) is 1.37. The molecule has 0 aromatic heterocycles. The van der Waals surface area contributed by atoms with Crippen LogP contribution in [0.4, 0.5) is 4.70 Å². The molecule has 0 N–H and O–H groups in total. The summed E-state index contributed by atoms with van der Waals surface area (Å²) in [6.45, 7) is 0. The molecule has 0 fully saturated rings. The van der Waals surface area contributed by atoms with E-state index in [-0.39, 0.29) is 28.6 Å². The Bertz CT molecular complexity index is 6.00. The van der Waals surface area contributed by atoms with Crippen molar-refractivity contribution >= 4 is 46.4 Å². The summed E-state index contributed by atoms with van der Waals surface area (Å²) in [5, 5.41) is 0. The molecule has 1 nitrogen and oxygen atoms in total. The maximum absolute atomic E-state index is 8.34. The van der Waals surface area contributed by atoms with Crippen LogP contribution in [0.2, 0.25) is 0 Å². The molecular weight excluding hydrogens is 272 g/mol. The molecule has 0 rings (SSSR count). The predicted octanol–water partition coefficient (Wildman–Crippen LogP) is -0.460. The van der Waals surface area contributed by atoms with Gasteiger partial charge in [0.1, 0.15) is 0 Å². The molecule has 0 aliphatic rings. The maximum Gasteiger partial charge on any atom is 0 e. The van der Waals surface area contributed by atoms with Gasteiger partial charge in [-0.2, -0.15) is 0 Å². The molecule has 0 saturated heterocycles. The van der Waals surface area contributed by atoms with Gasteiger partial charge in [-0.15, -0.1) is 0 Å². The third-order valence-corrected chi connectivity index (χ3v) is 0. The largest absolute Gasteiger partial charge is 0 e. The van der Waals surface area contributed by atoms with Gasteiger partial charge in [0.05, 0.1) is 0 Å². The maximum atomic E-state index is 8.34. The van der Waals surface area contributed by atoms with Gasteiger partial charge in [-0.1, -0.05) is 0 Å². The smallest absolute Gasteiger partial charge is 0 e. The van der Waals surface area contributed by atoms with Crippen LogP contribution < -0.4 is 0 Å². The van der Waals surface area contributed by atoms with Crippen molar-refractivity contribution in [1.29, 1.82) is 0 Å². The van der Waals surface area contributed by atoms with E-state index in [1.54, 1.807) is 0 Å². The van der Waals surface area contributed by atoms with Crippen molar-refractivity contribution in [2.75, 3.05) is 0 Å². The number of hydrogen-bond donors (Lipinski definition) is 0. The van der Waals surface area contributed by atoms with Crippen LogP contribution >= 0.6 is 0 Å². The molecule has 4 heavy (non-hydrogen) atoms. The van der Waals surface area contributed by atoms with Crippen molar-refractivity contribution < 1.29 is 7.78 Å². The van der Waals surface area contributed by atoms with Crippen LogP contribution in [-0.4, -0.2) is 46.4 Å². The molecule has 0 unspecified atom stereocenters. The quantitative estimate of drug-likeness (QED) is 0.546. The van der Waals surface area contributed by atoms with Crippen molar-refractivity contribution in [2.24, 2.45) is 0 Å². The normalized spacial score (nSPS) is 1.00. The summed E-state index contributed by atoms with van der Waals surface area (Å²) in [5.41, 5.74) is 0. The van der Waals surface area contributed by atoms with Crippen LogP contribution in [0.5, 0.6) is 0 Å². The summed E-state index contributed by atoms with van der Waals surface area (Å²) >= 11 is 0.300. The number of rotatable bonds is 0. The molecule has 0 amide bonds. The molecular formula is FOSn2. The Morgan fingerprint density at radius 2 is 1.25 bits per heavy atom. The Balaban J connectivity index is -0.00000000500. The fourth-order valence-electron chi connectivity index (χ4n) is 0. The molecule has 0 saturated carbocycles. The second-order valence-electron chi connectivity index (χ2n) is 0. The summed E-state index contributed by atoms with van der Waals surface area (Å²) in [5.74, 6) is 0. The first-order chi connectivity index (χ1) is 1.00. The molecule has 0 atom stereocenters. The van der Waals surface area contributed by atoms with Gasteiger partial charge in [-0.25, -0.2) is 0 Å². The van der Waals surface area contributed by atoms with E-state index in [0.717, 1.165) is 0 Å². The Hall–Kier alpha value is 1.33. The predicted molar refractivity (Wildman–Crippen MR) is 13.3 cm³/mol. The summed E-state index contributed by atoms with van der Waals surface area (Å²) in [4.78, 5) is 0. The van der Waals surface area contributed by atoms with Crippen LogP contribution in [0.25, 0.3) is 0 Å². The van der Waals surface area contributed by atoms with Crippen molar-refractivity contribution in [3.05, 3.63) is 0 Å². The summed E-state index contributed by atoms with van der Waals surface area (Å²) in [7, 11) is 0. The molecule has 21 valence electrons. The third kappa shape index (κ3) is 10.2. The van der Waals surface area contributed by atoms with E-state index in [9.17, 15) is 0 Å². The summed E-state index contributed by atoms with van der Waals surface area (Å²) in [6, 6.07) is 0. The minimum atomic E-state index is 0. The standard InChI is InChI=1S/F.O.2Sn. The van der Waals surface area contributed by atoms with Crippen LogP contribution in [0.15, 0.2) is 0 Å². The molecule has 0 aromatic carbocycles. The van der Waals surface area contributed by atoms with Gasteiger partial charge in [0.25, 0.3) is 0 Å². The average Bonchev–Trinajstić information content (AvgIpc) is 1.00. The summed E-state index contributed by atoms with van der Waals surface area (Å²) < 4.78 is 8.34. The van der Waals surface area contributed by atoms with Crippen LogP contribution in [0.1, 0.15) is 0 Å². The Morgan fingerprint density at radius 1 is 1.25 bits per heavy atom. The fraction of sp³-hybridized carbons (Fsp3) is 0. The molecule has 0 aliphatic heterocycles. The van der Waals surface area contributed by atoms with E-state index >= 15 is 0 Å². The molecule has 0 aromatic rings. The van der Waals surface area contributed by atoms with E-state index in [2.05, 4.69) is 0 Å². The molecule has 4 heteroatoms. The van der Waals surface area contributed by atoms with E-state index < -0.39 is 0 Å². The number of halogens is 1. The topological polar surface area (TPSA) is 17.1 Å². The van der Waals surface area contributed by atoms with Gasteiger partial charge < -0.3 is 0 Å². The van der Waals surface area contributed by atoms with Crippen LogP contribution in [0, 0.1) is 0 Å². The fourth-order valence-corrected chi connectivity index (χ4v) is 0. The van der Waals surface area contributed by atoms with E-state index in [0.29, 0.717) is 22.5 Å². The van der Waals surface area contributed by atoms with Gasteiger partial charge in [0.15, 0.2) is 0 Å². The van der Waals surface area contributed by atoms with Crippen LogP contribution in [0.3, 0.4) is 0 Å². The number of hydrogen-bond acceptors (Lipinski definition) is 1. The van der Waals surface area contributed by atoms with Gasteiger partial charge in [0.2, 0.25) is 0 Å². The molecule has 0 spiro atoms. The first kappa shape index (κ1) is 18.4. The minimum absolute atomic E-state index is 0. The van der Waals surface area contributed by atoms with Gasteiger partial charge in [-0.05, 0) is 0 Å². The van der Waals surface area contributed by atoms with E-state index in [1.165, 1.54) is 0 Å². The van der Waals surface area contributed by atoms with E-state index in [4.69, 9.17) is 3.08 Å². The second kappa shape index (κ2) is 27.2. The Kier molecular flexibility index (Phi) is 125. The first-order valence-electron chi connectivity index (χ1n) is 0.204. The monoisotopic (exact) mass is 275 g/mol. The third-order valence-electron chi connectivity index (χ3n) is 0. The van der Waals surface area contributed by atoms with Crippen molar-refractivity contribution in [1.82, 2.24) is 0 Å². The van der Waals surface area contributed by atoms with Gasteiger partial charge >= 0.3 is 25.6 Å². The summed E-state index contributed by atoms with van der Waals surface area (Å²) in [6.07, 6.45) is 0. The molecule has 0 heterocycles. The Labute approximate surface area is 53.9 Å². The van der Waals surface area contributed by atoms with Crippen molar-refractivity contribution in [3.8, 4) is 0 Å². The van der Waals surface area contributed by atoms with Crippen molar-refractivity contribution in [2.45, 2.75) is 0 Å².